The molecule has 1 N–H and O–H groups in total. The van der Waals surface area contributed by atoms with Gasteiger partial charge in [-0.05, 0) is 31.4 Å². The number of nitrogens with one attached hydrogen (secondary N) is 1. The van der Waals surface area contributed by atoms with Crippen molar-refractivity contribution in [2.75, 3.05) is 12.3 Å². The van der Waals surface area contributed by atoms with Gasteiger partial charge < -0.3 is 5.32 Å². The third-order valence-electron chi connectivity index (χ3n) is 3.29. The highest BCUT2D eigenvalue weighted by Gasteiger charge is 2.15. The van der Waals surface area contributed by atoms with E-state index in [1.807, 2.05) is 51.9 Å². The average molecular weight is 319 g/mol. The SMILES string of the molecule is O=C(CCCCC1CCSS1)NCC#Cc1ccccc1. The lowest BCUT2D eigenvalue weighted by Crippen LogP contribution is -2.23. The van der Waals surface area contributed by atoms with Crippen LogP contribution in [-0.4, -0.2) is 23.5 Å². The third kappa shape index (κ3) is 6.97. The molecule has 1 heterocycles. The normalized spacial score (nSPS) is 17.0. The van der Waals surface area contributed by atoms with Crippen molar-refractivity contribution < 1.29 is 4.79 Å². The topological polar surface area (TPSA) is 29.1 Å². The Balaban J connectivity index is 1.52. The Hall–Kier alpha value is -1.05. The smallest absolute Gasteiger partial charge is 0.220 e. The van der Waals surface area contributed by atoms with Gasteiger partial charge in [0.25, 0.3) is 0 Å². The molecule has 1 amide bonds. The molecule has 0 spiro atoms. The molecule has 2 nitrogen and oxygen atoms in total. The number of benzene rings is 1. The number of hydrogen-bond donors (Lipinski definition) is 1. The molecule has 2 rings (SSSR count). The Bertz CT molecular complexity index is 487. The Morgan fingerprint density at radius 2 is 2.14 bits per heavy atom. The first-order valence-electron chi connectivity index (χ1n) is 7.43. The molecule has 21 heavy (non-hydrogen) atoms. The standard InChI is InChI=1S/C17H21NOS2/c19-17(11-5-4-10-16-12-14-20-21-16)18-13-6-9-15-7-2-1-3-8-15/h1-3,7-8,16H,4-5,10-14H2,(H,18,19). The quantitative estimate of drug-likeness (QED) is 0.490. The van der Waals surface area contributed by atoms with Crippen molar-refractivity contribution in [2.45, 2.75) is 37.4 Å². The predicted octanol–water partition coefficient (Wildman–Crippen LogP) is 3.87. The maximum atomic E-state index is 11.7. The van der Waals surface area contributed by atoms with E-state index in [0.29, 0.717) is 13.0 Å². The fourth-order valence-electron chi connectivity index (χ4n) is 2.12. The van der Waals surface area contributed by atoms with Crippen molar-refractivity contribution in [2.24, 2.45) is 0 Å². The molecule has 1 atom stereocenters. The van der Waals surface area contributed by atoms with E-state index in [1.54, 1.807) is 0 Å². The Morgan fingerprint density at radius 1 is 1.29 bits per heavy atom. The largest absolute Gasteiger partial charge is 0.345 e. The van der Waals surface area contributed by atoms with Gasteiger partial charge in [0.15, 0.2) is 0 Å². The van der Waals surface area contributed by atoms with E-state index in [4.69, 9.17) is 0 Å². The molecule has 0 aromatic heterocycles. The van der Waals surface area contributed by atoms with Crippen molar-refractivity contribution >= 4 is 27.5 Å². The van der Waals surface area contributed by atoms with Crippen molar-refractivity contribution in [1.82, 2.24) is 5.32 Å². The van der Waals surface area contributed by atoms with Crippen LogP contribution in [0.3, 0.4) is 0 Å². The zero-order valence-electron chi connectivity index (χ0n) is 12.1. The van der Waals surface area contributed by atoms with Crippen molar-refractivity contribution in [3.05, 3.63) is 35.9 Å². The van der Waals surface area contributed by atoms with Crippen LogP contribution in [-0.2, 0) is 4.79 Å². The van der Waals surface area contributed by atoms with Crippen LogP contribution in [0.2, 0.25) is 0 Å². The van der Waals surface area contributed by atoms with E-state index in [9.17, 15) is 4.79 Å². The monoisotopic (exact) mass is 319 g/mol. The summed E-state index contributed by atoms with van der Waals surface area (Å²) in [6.45, 7) is 0.433. The van der Waals surface area contributed by atoms with Crippen LogP contribution >= 0.6 is 21.6 Å². The molecule has 0 aliphatic carbocycles. The highest BCUT2D eigenvalue weighted by atomic mass is 33.1. The van der Waals surface area contributed by atoms with Gasteiger partial charge in [-0.1, -0.05) is 58.0 Å². The van der Waals surface area contributed by atoms with Crippen LogP contribution in [0.4, 0.5) is 0 Å². The van der Waals surface area contributed by atoms with E-state index in [-0.39, 0.29) is 5.91 Å². The molecule has 1 fully saturated rings. The summed E-state index contributed by atoms with van der Waals surface area (Å²) in [5.74, 6) is 7.42. The van der Waals surface area contributed by atoms with Gasteiger partial charge in [0, 0.05) is 23.0 Å². The summed E-state index contributed by atoms with van der Waals surface area (Å²) in [6, 6.07) is 9.82. The minimum Gasteiger partial charge on any atom is -0.345 e. The van der Waals surface area contributed by atoms with Crippen LogP contribution in [0, 0.1) is 11.8 Å². The van der Waals surface area contributed by atoms with Crippen molar-refractivity contribution in [3.8, 4) is 11.8 Å². The minimum atomic E-state index is 0.116. The first-order valence-corrected chi connectivity index (χ1v) is 9.82. The summed E-state index contributed by atoms with van der Waals surface area (Å²) in [5, 5.41) is 3.67. The summed E-state index contributed by atoms with van der Waals surface area (Å²) >= 11 is 0. The van der Waals surface area contributed by atoms with Crippen molar-refractivity contribution in [3.63, 3.8) is 0 Å². The number of rotatable bonds is 6. The lowest BCUT2D eigenvalue weighted by atomic mass is 10.1. The van der Waals surface area contributed by atoms with Crippen LogP contribution in [0.1, 0.15) is 37.7 Å². The van der Waals surface area contributed by atoms with E-state index >= 15 is 0 Å². The molecular formula is C17H21NOS2. The number of amides is 1. The summed E-state index contributed by atoms with van der Waals surface area (Å²) in [6.07, 6.45) is 5.34. The molecule has 1 saturated heterocycles. The molecular weight excluding hydrogens is 298 g/mol. The number of carbonyl (C=O) groups is 1. The predicted molar refractivity (Wildman–Crippen MR) is 93.3 cm³/mol. The molecule has 1 aromatic carbocycles. The fraction of sp³-hybridized carbons (Fsp3) is 0.471. The molecule has 1 aliphatic rings. The summed E-state index contributed by atoms with van der Waals surface area (Å²) in [5.41, 5.74) is 0.985. The maximum Gasteiger partial charge on any atom is 0.220 e. The molecule has 1 unspecified atom stereocenters. The van der Waals surface area contributed by atoms with E-state index < -0.39 is 0 Å². The minimum absolute atomic E-state index is 0.116. The first-order chi connectivity index (χ1) is 10.3. The third-order valence-corrected chi connectivity index (χ3v) is 6.29. The number of unbranched alkanes of at least 4 members (excludes halogenated alkanes) is 1. The van der Waals surface area contributed by atoms with Crippen molar-refractivity contribution in [1.29, 1.82) is 0 Å². The van der Waals surface area contributed by atoms with Gasteiger partial charge in [0.1, 0.15) is 0 Å². The molecule has 0 bridgehead atoms. The van der Waals surface area contributed by atoms with Crippen LogP contribution in [0.25, 0.3) is 0 Å². The molecule has 4 heteroatoms. The molecule has 112 valence electrons. The second kappa shape index (κ2) is 9.81. The average Bonchev–Trinajstić information content (AvgIpc) is 3.02. The van der Waals surface area contributed by atoms with Crippen LogP contribution in [0.15, 0.2) is 30.3 Å². The van der Waals surface area contributed by atoms with Gasteiger partial charge in [-0.2, -0.15) is 0 Å². The summed E-state index contributed by atoms with van der Waals surface area (Å²) in [4.78, 5) is 11.7. The summed E-state index contributed by atoms with van der Waals surface area (Å²) in [7, 11) is 3.99. The van der Waals surface area contributed by atoms with Crippen LogP contribution in [0.5, 0.6) is 0 Å². The Kier molecular flexibility index (Phi) is 7.62. The Labute approximate surface area is 135 Å². The maximum absolute atomic E-state index is 11.7. The molecule has 1 aliphatic heterocycles. The Morgan fingerprint density at radius 3 is 2.90 bits per heavy atom. The molecule has 0 radical (unpaired) electrons. The number of hydrogen-bond acceptors (Lipinski definition) is 3. The van der Waals surface area contributed by atoms with Gasteiger partial charge in [-0.15, -0.1) is 0 Å². The lowest BCUT2D eigenvalue weighted by molar-refractivity contribution is -0.120. The highest BCUT2D eigenvalue weighted by Crippen LogP contribution is 2.39. The molecule has 0 saturated carbocycles. The first kappa shape index (κ1) is 16.3. The van der Waals surface area contributed by atoms with Gasteiger partial charge in [0.2, 0.25) is 5.91 Å². The second-order valence-corrected chi connectivity index (χ2v) is 7.81. The zero-order valence-corrected chi connectivity index (χ0v) is 13.8. The lowest BCUT2D eigenvalue weighted by Gasteiger charge is -2.06. The fourth-order valence-corrected chi connectivity index (χ4v) is 5.15. The molecule has 1 aromatic rings. The van der Waals surface area contributed by atoms with Gasteiger partial charge >= 0.3 is 0 Å². The highest BCUT2D eigenvalue weighted by molar-refractivity contribution is 8.77. The van der Waals surface area contributed by atoms with Gasteiger partial charge in [0.05, 0.1) is 6.54 Å². The summed E-state index contributed by atoms with van der Waals surface area (Å²) < 4.78 is 0. The van der Waals surface area contributed by atoms with E-state index in [2.05, 4.69) is 17.2 Å². The van der Waals surface area contributed by atoms with Crippen LogP contribution < -0.4 is 5.32 Å². The van der Waals surface area contributed by atoms with E-state index in [0.717, 1.165) is 23.7 Å². The van der Waals surface area contributed by atoms with Gasteiger partial charge in [-0.3, -0.25) is 4.79 Å². The van der Waals surface area contributed by atoms with E-state index in [1.165, 1.54) is 18.6 Å². The second-order valence-electron chi connectivity index (χ2n) is 5.02. The number of carbonyl (C=O) groups excluding carboxylic acids is 1. The van der Waals surface area contributed by atoms with Gasteiger partial charge in [-0.25, -0.2) is 0 Å². The zero-order chi connectivity index (χ0) is 14.8.